The SMILES string of the molecule is N=C(c1ccncc1Cl)N(C(=O)NC1CCC1)c1ccc(C(F)(F)F)cc1. The highest BCUT2D eigenvalue weighted by Gasteiger charge is 2.32. The molecule has 2 aromatic rings. The number of rotatable bonds is 3. The molecule has 1 aliphatic rings. The van der Waals surface area contributed by atoms with E-state index in [1.54, 1.807) is 0 Å². The third kappa shape index (κ3) is 4.21. The van der Waals surface area contributed by atoms with E-state index in [4.69, 9.17) is 17.0 Å². The predicted molar refractivity (Wildman–Crippen MR) is 96.2 cm³/mol. The molecule has 142 valence electrons. The molecule has 3 rings (SSSR count). The lowest BCUT2D eigenvalue weighted by Gasteiger charge is -2.31. The van der Waals surface area contributed by atoms with E-state index in [9.17, 15) is 18.0 Å². The Morgan fingerprint density at radius 2 is 1.89 bits per heavy atom. The smallest absolute Gasteiger partial charge is 0.335 e. The Labute approximate surface area is 158 Å². The number of carbonyl (C=O) groups is 1. The maximum absolute atomic E-state index is 12.8. The number of nitrogens with one attached hydrogen (secondary N) is 2. The summed E-state index contributed by atoms with van der Waals surface area (Å²) in [5, 5.41) is 11.4. The predicted octanol–water partition coefficient (Wildman–Crippen LogP) is 4.85. The van der Waals surface area contributed by atoms with Gasteiger partial charge in [0.1, 0.15) is 5.84 Å². The summed E-state index contributed by atoms with van der Waals surface area (Å²) in [6.45, 7) is 0. The van der Waals surface area contributed by atoms with Crippen LogP contribution in [-0.2, 0) is 6.18 Å². The molecule has 27 heavy (non-hydrogen) atoms. The quantitative estimate of drug-likeness (QED) is 0.575. The van der Waals surface area contributed by atoms with Crippen molar-refractivity contribution in [3.8, 4) is 0 Å². The van der Waals surface area contributed by atoms with Crippen molar-refractivity contribution in [1.82, 2.24) is 10.3 Å². The molecule has 0 atom stereocenters. The second kappa shape index (κ2) is 7.56. The Hall–Kier alpha value is -2.61. The summed E-state index contributed by atoms with van der Waals surface area (Å²) in [6.07, 6.45) is 0.926. The van der Waals surface area contributed by atoms with Gasteiger partial charge >= 0.3 is 12.2 Å². The first-order valence-corrected chi connectivity index (χ1v) is 8.61. The lowest BCUT2D eigenvalue weighted by atomic mass is 9.93. The summed E-state index contributed by atoms with van der Waals surface area (Å²) >= 11 is 6.07. The molecule has 0 radical (unpaired) electrons. The number of amides is 2. The minimum atomic E-state index is -4.49. The van der Waals surface area contributed by atoms with Gasteiger partial charge in [-0.15, -0.1) is 0 Å². The number of pyridine rings is 1. The fourth-order valence-electron chi connectivity index (χ4n) is 2.63. The van der Waals surface area contributed by atoms with Crippen molar-refractivity contribution in [2.24, 2.45) is 0 Å². The molecule has 1 aromatic carbocycles. The number of nitrogens with zero attached hydrogens (tertiary/aromatic N) is 2. The molecule has 2 amide bonds. The van der Waals surface area contributed by atoms with Crippen LogP contribution in [0.5, 0.6) is 0 Å². The number of amidine groups is 1. The van der Waals surface area contributed by atoms with Crippen molar-refractivity contribution in [1.29, 1.82) is 5.41 Å². The van der Waals surface area contributed by atoms with Gasteiger partial charge in [0, 0.05) is 24.0 Å². The summed E-state index contributed by atoms with van der Waals surface area (Å²) in [4.78, 5) is 17.6. The molecule has 1 aromatic heterocycles. The summed E-state index contributed by atoms with van der Waals surface area (Å²) in [5.41, 5.74) is -0.452. The van der Waals surface area contributed by atoms with Crippen molar-refractivity contribution in [3.63, 3.8) is 0 Å². The highest BCUT2D eigenvalue weighted by atomic mass is 35.5. The van der Waals surface area contributed by atoms with E-state index < -0.39 is 17.8 Å². The second-order valence-corrected chi connectivity index (χ2v) is 6.57. The molecule has 0 saturated heterocycles. The highest BCUT2D eigenvalue weighted by Crippen LogP contribution is 2.31. The third-order valence-corrected chi connectivity index (χ3v) is 4.64. The second-order valence-electron chi connectivity index (χ2n) is 6.16. The van der Waals surface area contributed by atoms with Crippen molar-refractivity contribution in [2.75, 3.05) is 4.90 Å². The summed E-state index contributed by atoms with van der Waals surface area (Å²) in [7, 11) is 0. The molecule has 0 aliphatic heterocycles. The lowest BCUT2D eigenvalue weighted by molar-refractivity contribution is -0.137. The van der Waals surface area contributed by atoms with E-state index >= 15 is 0 Å². The van der Waals surface area contributed by atoms with E-state index in [0.717, 1.165) is 48.4 Å². The minimum absolute atomic E-state index is 0.00448. The largest absolute Gasteiger partial charge is 0.416 e. The molecule has 1 heterocycles. The van der Waals surface area contributed by atoms with E-state index in [-0.39, 0.29) is 28.2 Å². The van der Waals surface area contributed by atoms with Crippen LogP contribution < -0.4 is 10.2 Å². The van der Waals surface area contributed by atoms with Crippen LogP contribution in [0.3, 0.4) is 0 Å². The Balaban J connectivity index is 1.95. The zero-order chi connectivity index (χ0) is 19.6. The number of aromatic nitrogens is 1. The number of anilines is 1. The average Bonchev–Trinajstić information content (AvgIpc) is 2.58. The van der Waals surface area contributed by atoms with Gasteiger partial charge in [-0.3, -0.25) is 10.4 Å². The Morgan fingerprint density at radius 1 is 1.22 bits per heavy atom. The van der Waals surface area contributed by atoms with Gasteiger partial charge < -0.3 is 5.32 Å². The topological polar surface area (TPSA) is 69.1 Å². The Kier molecular flexibility index (Phi) is 5.36. The van der Waals surface area contributed by atoms with Crippen LogP contribution >= 0.6 is 11.6 Å². The average molecular weight is 397 g/mol. The molecule has 0 spiro atoms. The summed E-state index contributed by atoms with van der Waals surface area (Å²) < 4.78 is 38.5. The first-order chi connectivity index (χ1) is 12.8. The van der Waals surface area contributed by atoms with E-state index in [1.165, 1.54) is 18.5 Å². The normalized spacial score (nSPS) is 14.4. The first-order valence-electron chi connectivity index (χ1n) is 8.23. The number of halogens is 4. The van der Waals surface area contributed by atoms with Gasteiger partial charge in [-0.2, -0.15) is 13.2 Å². The van der Waals surface area contributed by atoms with Crippen LogP contribution in [0.4, 0.5) is 23.7 Å². The van der Waals surface area contributed by atoms with Gasteiger partial charge in [-0.1, -0.05) is 11.6 Å². The van der Waals surface area contributed by atoms with E-state index in [1.807, 2.05) is 0 Å². The monoisotopic (exact) mass is 396 g/mol. The van der Waals surface area contributed by atoms with Gasteiger partial charge in [0.15, 0.2) is 0 Å². The molecular weight excluding hydrogens is 381 g/mol. The molecule has 0 bridgehead atoms. The summed E-state index contributed by atoms with van der Waals surface area (Å²) in [5.74, 6) is -0.251. The number of hydrogen-bond donors (Lipinski definition) is 2. The van der Waals surface area contributed by atoms with Gasteiger partial charge in [0.25, 0.3) is 0 Å². The van der Waals surface area contributed by atoms with Crippen molar-refractivity contribution in [3.05, 3.63) is 58.9 Å². The zero-order valence-corrected chi connectivity index (χ0v) is 14.8. The Morgan fingerprint density at radius 3 is 2.41 bits per heavy atom. The summed E-state index contributed by atoms with van der Waals surface area (Å²) in [6, 6.07) is 4.95. The minimum Gasteiger partial charge on any atom is -0.335 e. The first kappa shape index (κ1) is 19.2. The molecule has 5 nitrogen and oxygen atoms in total. The fourth-order valence-corrected chi connectivity index (χ4v) is 2.84. The number of carbonyl (C=O) groups excluding carboxylic acids is 1. The zero-order valence-electron chi connectivity index (χ0n) is 14.1. The van der Waals surface area contributed by atoms with Crippen LogP contribution in [0.25, 0.3) is 0 Å². The van der Waals surface area contributed by atoms with Crippen LogP contribution in [-0.4, -0.2) is 22.9 Å². The number of alkyl halides is 3. The van der Waals surface area contributed by atoms with Crippen molar-refractivity contribution >= 4 is 29.2 Å². The standard InChI is InChI=1S/C18H16ClF3N4O/c19-15-10-24-9-8-14(15)16(23)26(17(27)25-12-2-1-3-12)13-6-4-11(5-7-13)18(20,21)22/h4-10,12,23H,1-3H2,(H,25,27). The van der Waals surface area contributed by atoms with Crippen molar-refractivity contribution in [2.45, 2.75) is 31.5 Å². The van der Waals surface area contributed by atoms with Crippen LogP contribution in [0, 0.1) is 5.41 Å². The third-order valence-electron chi connectivity index (χ3n) is 4.34. The fraction of sp³-hybridized carbons (Fsp3) is 0.278. The van der Waals surface area contributed by atoms with Crippen molar-refractivity contribution < 1.29 is 18.0 Å². The number of urea groups is 1. The molecule has 1 aliphatic carbocycles. The van der Waals surface area contributed by atoms with Gasteiger partial charge in [0.2, 0.25) is 0 Å². The maximum atomic E-state index is 12.8. The van der Waals surface area contributed by atoms with Crippen LogP contribution in [0.2, 0.25) is 5.02 Å². The van der Waals surface area contributed by atoms with Gasteiger partial charge in [-0.25, -0.2) is 9.69 Å². The molecule has 1 saturated carbocycles. The molecule has 1 fully saturated rings. The molecular formula is C18H16ClF3N4O. The number of hydrogen-bond acceptors (Lipinski definition) is 3. The molecule has 0 unspecified atom stereocenters. The van der Waals surface area contributed by atoms with Gasteiger partial charge in [0.05, 0.1) is 16.3 Å². The lowest BCUT2D eigenvalue weighted by Crippen LogP contribution is -2.50. The highest BCUT2D eigenvalue weighted by molar-refractivity contribution is 6.36. The maximum Gasteiger partial charge on any atom is 0.416 e. The van der Waals surface area contributed by atoms with E-state index in [0.29, 0.717) is 0 Å². The van der Waals surface area contributed by atoms with Crippen LogP contribution in [0.15, 0.2) is 42.7 Å². The van der Waals surface area contributed by atoms with Crippen LogP contribution in [0.1, 0.15) is 30.4 Å². The van der Waals surface area contributed by atoms with E-state index in [2.05, 4.69) is 10.3 Å². The Bertz CT molecular complexity index is 850. The number of benzene rings is 1. The molecule has 2 N–H and O–H groups in total. The van der Waals surface area contributed by atoms with Gasteiger partial charge in [-0.05, 0) is 49.6 Å². The molecule has 9 heteroatoms.